The van der Waals surface area contributed by atoms with Gasteiger partial charge in [0, 0.05) is 31.7 Å². The predicted molar refractivity (Wildman–Crippen MR) is 151 cm³/mol. The fraction of sp³-hybridized carbons (Fsp3) is 0.0909. The van der Waals surface area contributed by atoms with Crippen molar-refractivity contribution >= 4 is 31.5 Å². The molecule has 0 fully saturated rings. The van der Waals surface area contributed by atoms with Crippen LogP contribution in [0.4, 0.5) is 0 Å². The molecule has 0 aliphatic rings. The molecule has 5 aromatic carbocycles. The van der Waals surface area contributed by atoms with Crippen molar-refractivity contribution in [2.45, 2.75) is 18.9 Å². The summed E-state index contributed by atoms with van der Waals surface area (Å²) in [6, 6.07) is 43.1. The maximum atomic E-state index is 6.93. The van der Waals surface area contributed by atoms with Gasteiger partial charge in [-0.25, -0.2) is 0 Å². The summed E-state index contributed by atoms with van der Waals surface area (Å²) >= 11 is 1.86. The van der Waals surface area contributed by atoms with E-state index in [1.165, 1.54) is 48.0 Å². The maximum Gasteiger partial charge on any atom is 0.0558 e. The first-order valence-corrected chi connectivity index (χ1v) is 12.9. The highest BCUT2D eigenvalue weighted by atomic mass is 32.1. The molecule has 35 heavy (non-hydrogen) atoms. The lowest BCUT2D eigenvalue weighted by molar-refractivity contribution is 0.875. The molecule has 1 aromatic heterocycles. The smallest absolute Gasteiger partial charge is 0.0558 e. The number of rotatable bonds is 5. The van der Waals surface area contributed by atoms with Crippen LogP contribution in [0, 0.1) is 0 Å². The van der Waals surface area contributed by atoms with Gasteiger partial charge >= 0.3 is 0 Å². The standard InChI is InChI=1S/C33H27NS/c1-22(23-11-4-2-5-12-23)25-15-10-16-26(21-25)31-29(32(34)24-13-6-3-7-14-24)20-19-28-27-17-8-9-18-30(27)35-33(28)31/h2-22,32H,34H2,1H3. The molecule has 0 amide bonds. The van der Waals surface area contributed by atoms with Crippen LogP contribution in [0.3, 0.4) is 0 Å². The first-order valence-electron chi connectivity index (χ1n) is 12.1. The highest BCUT2D eigenvalue weighted by Crippen LogP contribution is 2.44. The summed E-state index contributed by atoms with van der Waals surface area (Å²) in [4.78, 5) is 0. The zero-order valence-corrected chi connectivity index (χ0v) is 20.5. The van der Waals surface area contributed by atoms with Crippen LogP contribution in [-0.4, -0.2) is 0 Å². The summed E-state index contributed by atoms with van der Waals surface area (Å²) in [5.41, 5.74) is 14.3. The quantitative estimate of drug-likeness (QED) is 0.268. The number of thiophene rings is 1. The Labute approximate surface area is 210 Å². The topological polar surface area (TPSA) is 26.0 Å². The van der Waals surface area contributed by atoms with Crippen molar-refractivity contribution in [1.82, 2.24) is 0 Å². The summed E-state index contributed by atoms with van der Waals surface area (Å²) in [7, 11) is 0. The van der Waals surface area contributed by atoms with Gasteiger partial charge in [0.25, 0.3) is 0 Å². The monoisotopic (exact) mass is 469 g/mol. The predicted octanol–water partition coefficient (Wildman–Crippen LogP) is 8.92. The van der Waals surface area contributed by atoms with Gasteiger partial charge in [-0.15, -0.1) is 11.3 Å². The molecule has 1 heterocycles. The third-order valence-corrected chi connectivity index (χ3v) is 8.25. The third kappa shape index (κ3) is 3.95. The van der Waals surface area contributed by atoms with Crippen molar-refractivity contribution in [3.05, 3.63) is 144 Å². The largest absolute Gasteiger partial charge is 0.320 e. The molecule has 170 valence electrons. The Morgan fingerprint density at radius 3 is 2.03 bits per heavy atom. The van der Waals surface area contributed by atoms with E-state index in [1.807, 2.05) is 17.4 Å². The number of hydrogen-bond donors (Lipinski definition) is 1. The van der Waals surface area contributed by atoms with E-state index in [0.29, 0.717) is 5.92 Å². The Morgan fingerprint density at radius 2 is 1.26 bits per heavy atom. The van der Waals surface area contributed by atoms with Crippen LogP contribution in [0.2, 0.25) is 0 Å². The van der Waals surface area contributed by atoms with Crippen molar-refractivity contribution in [3.63, 3.8) is 0 Å². The zero-order valence-electron chi connectivity index (χ0n) is 19.7. The van der Waals surface area contributed by atoms with Gasteiger partial charge < -0.3 is 5.73 Å². The van der Waals surface area contributed by atoms with Crippen molar-refractivity contribution in [2.75, 3.05) is 0 Å². The molecular weight excluding hydrogens is 442 g/mol. The van der Waals surface area contributed by atoms with E-state index in [1.54, 1.807) is 0 Å². The van der Waals surface area contributed by atoms with Crippen molar-refractivity contribution in [3.8, 4) is 11.1 Å². The minimum absolute atomic E-state index is 0.198. The fourth-order valence-electron chi connectivity index (χ4n) is 5.10. The molecule has 0 saturated carbocycles. The van der Waals surface area contributed by atoms with Crippen LogP contribution < -0.4 is 5.73 Å². The average molecular weight is 470 g/mol. The maximum absolute atomic E-state index is 6.93. The molecule has 0 saturated heterocycles. The van der Waals surface area contributed by atoms with Gasteiger partial charge in [-0.3, -0.25) is 0 Å². The number of fused-ring (bicyclic) bond motifs is 3. The Bertz CT molecular complexity index is 1620. The minimum Gasteiger partial charge on any atom is -0.320 e. The molecule has 2 heteroatoms. The van der Waals surface area contributed by atoms with Gasteiger partial charge in [-0.1, -0.05) is 122 Å². The lowest BCUT2D eigenvalue weighted by atomic mass is 9.87. The summed E-state index contributed by atoms with van der Waals surface area (Å²) in [5, 5.41) is 2.61. The minimum atomic E-state index is -0.198. The molecule has 6 aromatic rings. The van der Waals surface area contributed by atoms with Crippen LogP contribution in [0.15, 0.2) is 121 Å². The highest BCUT2D eigenvalue weighted by molar-refractivity contribution is 7.26. The molecule has 0 aliphatic carbocycles. The Balaban J connectivity index is 1.58. The van der Waals surface area contributed by atoms with Crippen LogP contribution in [0.25, 0.3) is 31.3 Å². The number of benzene rings is 5. The second-order valence-electron chi connectivity index (χ2n) is 9.15. The van der Waals surface area contributed by atoms with Gasteiger partial charge in [0.1, 0.15) is 0 Å². The molecule has 0 bridgehead atoms. The van der Waals surface area contributed by atoms with E-state index in [9.17, 15) is 0 Å². The van der Waals surface area contributed by atoms with Crippen molar-refractivity contribution in [1.29, 1.82) is 0 Å². The van der Waals surface area contributed by atoms with E-state index in [4.69, 9.17) is 5.73 Å². The van der Waals surface area contributed by atoms with E-state index >= 15 is 0 Å². The van der Waals surface area contributed by atoms with Gasteiger partial charge in [0.15, 0.2) is 0 Å². The molecular formula is C33H27NS. The Hall–Kier alpha value is -3.72. The molecule has 2 unspecified atom stereocenters. The van der Waals surface area contributed by atoms with E-state index in [-0.39, 0.29) is 6.04 Å². The highest BCUT2D eigenvalue weighted by Gasteiger charge is 2.20. The van der Waals surface area contributed by atoms with Gasteiger partial charge in [-0.05, 0) is 33.9 Å². The summed E-state index contributed by atoms with van der Waals surface area (Å²) in [5.74, 6) is 0.309. The van der Waals surface area contributed by atoms with E-state index < -0.39 is 0 Å². The Kier molecular flexibility index (Phi) is 5.69. The summed E-state index contributed by atoms with van der Waals surface area (Å²) < 4.78 is 2.61. The molecule has 1 nitrogen and oxygen atoms in total. The van der Waals surface area contributed by atoms with Crippen molar-refractivity contribution in [2.24, 2.45) is 5.73 Å². The van der Waals surface area contributed by atoms with Gasteiger partial charge in [0.05, 0.1) is 6.04 Å². The van der Waals surface area contributed by atoms with Crippen LogP contribution in [0.5, 0.6) is 0 Å². The second kappa shape index (κ2) is 9.14. The molecule has 2 N–H and O–H groups in total. The lowest BCUT2D eigenvalue weighted by Gasteiger charge is -2.20. The van der Waals surface area contributed by atoms with Crippen LogP contribution >= 0.6 is 11.3 Å². The Morgan fingerprint density at radius 1 is 0.600 bits per heavy atom. The summed E-state index contributed by atoms with van der Waals surface area (Å²) in [6.07, 6.45) is 0. The van der Waals surface area contributed by atoms with E-state index in [0.717, 1.165) is 5.56 Å². The number of nitrogens with two attached hydrogens (primary N) is 1. The molecule has 0 spiro atoms. The molecule has 0 aliphatic heterocycles. The fourth-order valence-corrected chi connectivity index (χ4v) is 6.38. The zero-order chi connectivity index (χ0) is 23.8. The molecule has 2 atom stereocenters. The van der Waals surface area contributed by atoms with Crippen LogP contribution in [-0.2, 0) is 0 Å². The van der Waals surface area contributed by atoms with Gasteiger partial charge in [-0.2, -0.15) is 0 Å². The SMILES string of the molecule is CC(c1ccccc1)c1cccc(-c2c(C(N)c3ccccc3)ccc3c2sc2ccccc23)c1. The first kappa shape index (κ1) is 21.8. The molecule has 0 radical (unpaired) electrons. The third-order valence-electron chi connectivity index (χ3n) is 7.05. The number of hydrogen-bond acceptors (Lipinski definition) is 2. The van der Waals surface area contributed by atoms with E-state index in [2.05, 4.69) is 122 Å². The first-order chi connectivity index (χ1) is 17.2. The normalized spacial score (nSPS) is 13.2. The molecule has 6 rings (SSSR count). The van der Waals surface area contributed by atoms with Crippen molar-refractivity contribution < 1.29 is 0 Å². The lowest BCUT2D eigenvalue weighted by Crippen LogP contribution is -2.13. The summed E-state index contributed by atoms with van der Waals surface area (Å²) in [6.45, 7) is 2.28. The second-order valence-corrected chi connectivity index (χ2v) is 10.2. The average Bonchev–Trinajstić information content (AvgIpc) is 3.31. The van der Waals surface area contributed by atoms with Crippen LogP contribution in [0.1, 0.15) is 41.1 Å². The van der Waals surface area contributed by atoms with Gasteiger partial charge in [0.2, 0.25) is 0 Å².